The zero-order valence-electron chi connectivity index (χ0n) is 12.7. The maximum Gasteiger partial charge on any atom is 0.285 e. The van der Waals surface area contributed by atoms with Crippen molar-refractivity contribution in [2.75, 3.05) is 0 Å². The molecule has 3 aromatic rings. The third kappa shape index (κ3) is 2.69. The van der Waals surface area contributed by atoms with Gasteiger partial charge in [0.2, 0.25) is 0 Å². The molecule has 0 N–H and O–H groups in total. The highest BCUT2D eigenvalue weighted by Crippen LogP contribution is 2.21. The second kappa shape index (κ2) is 5.82. The molecule has 2 heterocycles. The lowest BCUT2D eigenvalue weighted by atomic mass is 10.1. The summed E-state index contributed by atoms with van der Waals surface area (Å²) in [7, 11) is 0. The standard InChI is InChI=1S/C17H13ClN4O/c1-10-11(2)21-22(17(23)14(10)8-19)9-13-7-12-5-3-4-6-15(12)20-16(13)18/h3-7H,9H2,1-2H3. The second-order valence-corrected chi connectivity index (χ2v) is 5.65. The highest BCUT2D eigenvalue weighted by atomic mass is 35.5. The van der Waals surface area contributed by atoms with Crippen LogP contribution in [0.1, 0.15) is 22.4 Å². The van der Waals surface area contributed by atoms with Crippen molar-refractivity contribution in [3.8, 4) is 6.07 Å². The lowest BCUT2D eigenvalue weighted by molar-refractivity contribution is 0.622. The molecule has 0 aliphatic heterocycles. The van der Waals surface area contributed by atoms with E-state index in [1.165, 1.54) is 4.68 Å². The summed E-state index contributed by atoms with van der Waals surface area (Å²) in [6.45, 7) is 3.66. The summed E-state index contributed by atoms with van der Waals surface area (Å²) in [5.74, 6) is 0. The Morgan fingerprint density at radius 2 is 2.04 bits per heavy atom. The first kappa shape index (κ1) is 15.2. The van der Waals surface area contributed by atoms with E-state index in [2.05, 4.69) is 10.1 Å². The maximum absolute atomic E-state index is 12.4. The zero-order valence-corrected chi connectivity index (χ0v) is 13.4. The number of hydrogen-bond donors (Lipinski definition) is 0. The summed E-state index contributed by atoms with van der Waals surface area (Å²) in [5.41, 5.74) is 2.43. The average Bonchev–Trinajstić information content (AvgIpc) is 2.54. The summed E-state index contributed by atoms with van der Waals surface area (Å²) in [6.07, 6.45) is 0. The second-order valence-electron chi connectivity index (χ2n) is 5.29. The van der Waals surface area contributed by atoms with E-state index < -0.39 is 5.56 Å². The van der Waals surface area contributed by atoms with Crippen molar-refractivity contribution < 1.29 is 0 Å². The van der Waals surface area contributed by atoms with Crippen LogP contribution in [-0.4, -0.2) is 14.8 Å². The number of fused-ring (bicyclic) bond motifs is 1. The highest BCUT2D eigenvalue weighted by molar-refractivity contribution is 6.30. The van der Waals surface area contributed by atoms with Crippen LogP contribution in [0.3, 0.4) is 0 Å². The first-order valence-corrected chi connectivity index (χ1v) is 7.41. The number of para-hydroxylation sites is 1. The van der Waals surface area contributed by atoms with E-state index in [0.29, 0.717) is 22.0 Å². The fourth-order valence-electron chi connectivity index (χ4n) is 2.42. The third-order valence-corrected chi connectivity index (χ3v) is 4.15. The lowest BCUT2D eigenvalue weighted by Gasteiger charge is -2.10. The minimum Gasteiger partial charge on any atom is -0.266 e. The Bertz CT molecular complexity index is 1020. The fourth-order valence-corrected chi connectivity index (χ4v) is 2.62. The van der Waals surface area contributed by atoms with Crippen molar-refractivity contribution in [1.29, 1.82) is 5.26 Å². The van der Waals surface area contributed by atoms with E-state index in [1.54, 1.807) is 13.8 Å². The van der Waals surface area contributed by atoms with Crippen molar-refractivity contribution in [3.05, 3.63) is 68.2 Å². The molecular formula is C17H13ClN4O. The number of hydrogen-bond acceptors (Lipinski definition) is 4. The Labute approximate surface area is 137 Å². The summed E-state index contributed by atoms with van der Waals surface area (Å²) < 4.78 is 1.26. The number of halogens is 1. The summed E-state index contributed by atoms with van der Waals surface area (Å²) in [6, 6.07) is 11.4. The Balaban J connectivity index is 2.13. The van der Waals surface area contributed by atoms with Gasteiger partial charge in [0.05, 0.1) is 17.8 Å². The molecule has 0 aliphatic carbocycles. The van der Waals surface area contributed by atoms with E-state index >= 15 is 0 Å². The van der Waals surface area contributed by atoms with Crippen molar-refractivity contribution in [1.82, 2.24) is 14.8 Å². The Kier molecular flexibility index (Phi) is 3.85. The van der Waals surface area contributed by atoms with Gasteiger partial charge in [-0.15, -0.1) is 0 Å². The maximum atomic E-state index is 12.4. The number of rotatable bonds is 2. The van der Waals surface area contributed by atoms with E-state index in [0.717, 1.165) is 10.9 Å². The van der Waals surface area contributed by atoms with Crippen LogP contribution in [0.4, 0.5) is 0 Å². The van der Waals surface area contributed by atoms with E-state index in [4.69, 9.17) is 11.6 Å². The number of nitriles is 1. The average molecular weight is 325 g/mol. The van der Waals surface area contributed by atoms with Crippen molar-refractivity contribution in [2.45, 2.75) is 20.4 Å². The molecule has 0 aliphatic rings. The van der Waals surface area contributed by atoms with E-state index in [-0.39, 0.29) is 12.1 Å². The number of benzene rings is 1. The smallest absolute Gasteiger partial charge is 0.266 e. The van der Waals surface area contributed by atoms with Gasteiger partial charge in [-0.05, 0) is 31.5 Å². The molecule has 0 saturated heterocycles. The molecule has 0 saturated carbocycles. The lowest BCUT2D eigenvalue weighted by Crippen LogP contribution is -2.28. The van der Waals surface area contributed by atoms with Gasteiger partial charge in [0.25, 0.3) is 5.56 Å². The number of aromatic nitrogens is 3. The van der Waals surface area contributed by atoms with Crippen LogP contribution in [0.25, 0.3) is 10.9 Å². The normalized spacial score (nSPS) is 10.7. The van der Waals surface area contributed by atoms with Crippen molar-refractivity contribution >= 4 is 22.5 Å². The van der Waals surface area contributed by atoms with Gasteiger partial charge in [0.15, 0.2) is 0 Å². The summed E-state index contributed by atoms with van der Waals surface area (Å²) >= 11 is 6.23. The first-order chi connectivity index (χ1) is 11.0. The molecule has 0 fully saturated rings. The van der Waals surface area contributed by atoms with E-state index in [1.807, 2.05) is 36.4 Å². The van der Waals surface area contributed by atoms with Crippen LogP contribution in [-0.2, 0) is 6.54 Å². The van der Waals surface area contributed by atoms with Gasteiger partial charge in [-0.3, -0.25) is 4.79 Å². The Morgan fingerprint density at radius 3 is 2.78 bits per heavy atom. The number of nitrogens with zero attached hydrogens (tertiary/aromatic N) is 4. The van der Waals surface area contributed by atoms with E-state index in [9.17, 15) is 10.1 Å². The molecule has 0 atom stereocenters. The Hall–Kier alpha value is -2.71. The number of pyridine rings is 1. The molecule has 0 spiro atoms. The minimum absolute atomic E-state index is 0.113. The van der Waals surface area contributed by atoms with Crippen LogP contribution < -0.4 is 5.56 Å². The van der Waals surface area contributed by atoms with Gasteiger partial charge in [-0.2, -0.15) is 10.4 Å². The molecule has 23 heavy (non-hydrogen) atoms. The molecule has 3 rings (SSSR count). The molecule has 0 radical (unpaired) electrons. The van der Waals surface area contributed by atoms with Crippen LogP contribution in [0.5, 0.6) is 0 Å². The largest absolute Gasteiger partial charge is 0.285 e. The van der Waals surface area contributed by atoms with Gasteiger partial charge in [0.1, 0.15) is 16.8 Å². The molecule has 6 heteroatoms. The number of aryl methyl sites for hydroxylation is 1. The van der Waals surface area contributed by atoms with Gasteiger partial charge < -0.3 is 0 Å². The monoisotopic (exact) mass is 324 g/mol. The zero-order chi connectivity index (χ0) is 16.6. The summed E-state index contributed by atoms with van der Waals surface area (Å²) in [4.78, 5) is 16.7. The van der Waals surface area contributed by atoms with Crippen LogP contribution >= 0.6 is 11.6 Å². The predicted molar refractivity (Wildman–Crippen MR) is 88.5 cm³/mol. The third-order valence-electron chi connectivity index (χ3n) is 3.82. The molecule has 0 amide bonds. The van der Waals surface area contributed by atoms with Gasteiger partial charge >= 0.3 is 0 Å². The SMILES string of the molecule is Cc1nn(Cc2cc3ccccc3nc2Cl)c(=O)c(C#N)c1C. The van der Waals surface area contributed by atoms with Crippen LogP contribution in [0.15, 0.2) is 35.1 Å². The van der Waals surface area contributed by atoms with Crippen molar-refractivity contribution in [3.63, 3.8) is 0 Å². The fraction of sp³-hybridized carbons (Fsp3) is 0.176. The molecule has 5 nitrogen and oxygen atoms in total. The molecule has 114 valence electrons. The quantitative estimate of drug-likeness (QED) is 0.679. The van der Waals surface area contributed by atoms with Gasteiger partial charge in [-0.1, -0.05) is 29.8 Å². The molecule has 0 unspecified atom stereocenters. The van der Waals surface area contributed by atoms with Crippen LogP contribution in [0, 0.1) is 25.2 Å². The molecule has 2 aromatic heterocycles. The highest BCUT2D eigenvalue weighted by Gasteiger charge is 2.13. The molecule has 0 bridgehead atoms. The topological polar surface area (TPSA) is 71.6 Å². The van der Waals surface area contributed by atoms with Gasteiger partial charge in [-0.25, -0.2) is 9.67 Å². The Morgan fingerprint density at radius 1 is 1.30 bits per heavy atom. The first-order valence-electron chi connectivity index (χ1n) is 7.04. The van der Waals surface area contributed by atoms with Crippen molar-refractivity contribution in [2.24, 2.45) is 0 Å². The summed E-state index contributed by atoms with van der Waals surface area (Å²) in [5, 5.41) is 14.7. The molecular weight excluding hydrogens is 312 g/mol. The molecule has 1 aromatic carbocycles. The van der Waals surface area contributed by atoms with Crippen LogP contribution in [0.2, 0.25) is 5.15 Å². The van der Waals surface area contributed by atoms with Gasteiger partial charge in [0, 0.05) is 10.9 Å². The predicted octanol–water partition coefficient (Wildman–Crippen LogP) is 2.98. The minimum atomic E-state index is -0.417.